The summed E-state index contributed by atoms with van der Waals surface area (Å²) in [7, 11) is -4.27. The summed E-state index contributed by atoms with van der Waals surface area (Å²) in [6.45, 7) is -0.835. The van der Waals surface area contributed by atoms with E-state index in [0.29, 0.717) is 4.31 Å². The highest BCUT2D eigenvalue weighted by atomic mass is 32.2. The Morgan fingerprint density at radius 1 is 1.40 bits per heavy atom. The van der Waals surface area contributed by atoms with Crippen molar-refractivity contribution >= 4 is 15.7 Å². The molecule has 0 aromatic heterocycles. The van der Waals surface area contributed by atoms with Gasteiger partial charge >= 0.3 is 0 Å². The van der Waals surface area contributed by atoms with Crippen molar-refractivity contribution in [1.82, 2.24) is 4.31 Å². The van der Waals surface area contributed by atoms with Crippen LogP contribution < -0.4 is 5.73 Å². The number of nitrogens with zero attached hydrogens (tertiary/aromatic N) is 1. The number of benzene rings is 1. The molecular formula is C11H15F3N2O3S. The molecule has 1 aromatic rings. The van der Waals surface area contributed by atoms with Gasteiger partial charge in [0.1, 0.15) is 5.82 Å². The zero-order chi connectivity index (χ0) is 15.5. The molecule has 0 aliphatic rings. The molecule has 0 saturated heterocycles. The van der Waals surface area contributed by atoms with Gasteiger partial charge in [-0.1, -0.05) is 0 Å². The van der Waals surface area contributed by atoms with Crippen molar-refractivity contribution in [2.45, 2.75) is 18.2 Å². The van der Waals surface area contributed by atoms with Crippen molar-refractivity contribution in [3.8, 4) is 0 Å². The molecule has 5 nitrogen and oxygen atoms in total. The zero-order valence-corrected chi connectivity index (χ0v) is 11.5. The van der Waals surface area contributed by atoms with Crippen LogP contribution in [0.25, 0.3) is 0 Å². The Morgan fingerprint density at radius 3 is 2.45 bits per heavy atom. The number of hydrogen-bond donors (Lipinski definition) is 2. The van der Waals surface area contributed by atoms with Crippen molar-refractivity contribution in [3.63, 3.8) is 0 Å². The van der Waals surface area contributed by atoms with Crippen LogP contribution in [-0.4, -0.2) is 44.0 Å². The van der Waals surface area contributed by atoms with Crippen molar-refractivity contribution < 1.29 is 26.7 Å². The van der Waals surface area contributed by atoms with Gasteiger partial charge in [0.15, 0.2) is 0 Å². The number of sulfonamides is 1. The van der Waals surface area contributed by atoms with E-state index in [-0.39, 0.29) is 16.1 Å². The molecule has 0 radical (unpaired) electrons. The minimum Gasteiger partial charge on any atom is -0.396 e. The molecular weight excluding hydrogens is 297 g/mol. The lowest BCUT2D eigenvalue weighted by Crippen LogP contribution is -2.37. The Bertz CT molecular complexity index is 555. The van der Waals surface area contributed by atoms with E-state index in [1.165, 1.54) is 6.92 Å². The third-order valence-corrected chi connectivity index (χ3v) is 4.43. The molecule has 9 heteroatoms. The van der Waals surface area contributed by atoms with Gasteiger partial charge in [-0.25, -0.2) is 21.6 Å². The van der Waals surface area contributed by atoms with E-state index < -0.39 is 42.0 Å². The molecule has 1 aromatic carbocycles. The normalized spacial score (nSPS) is 12.3. The van der Waals surface area contributed by atoms with E-state index >= 15 is 0 Å². The summed E-state index contributed by atoms with van der Waals surface area (Å²) < 4.78 is 63.0. The average Bonchev–Trinajstić information content (AvgIpc) is 2.34. The van der Waals surface area contributed by atoms with Gasteiger partial charge in [-0.15, -0.1) is 0 Å². The summed E-state index contributed by atoms with van der Waals surface area (Å²) in [5.41, 5.74) is 4.94. The second-order valence-electron chi connectivity index (χ2n) is 4.12. The van der Waals surface area contributed by atoms with Gasteiger partial charge in [0.2, 0.25) is 10.0 Å². The lowest BCUT2D eigenvalue weighted by Gasteiger charge is -2.21. The lowest BCUT2D eigenvalue weighted by atomic mass is 10.2. The number of aliphatic hydroxyl groups is 1. The Kier molecular flexibility index (Phi) is 5.37. The summed E-state index contributed by atoms with van der Waals surface area (Å²) >= 11 is 0. The number of anilines is 1. The number of halogens is 3. The lowest BCUT2D eigenvalue weighted by molar-refractivity contribution is 0.113. The van der Waals surface area contributed by atoms with Crippen LogP contribution in [0.15, 0.2) is 17.0 Å². The monoisotopic (exact) mass is 312 g/mol. The molecule has 0 aliphatic carbocycles. The smallest absolute Gasteiger partial charge is 0.252 e. The first kappa shape index (κ1) is 16.7. The highest BCUT2D eigenvalue weighted by molar-refractivity contribution is 7.89. The topological polar surface area (TPSA) is 83.6 Å². The summed E-state index contributed by atoms with van der Waals surface area (Å²) in [6.07, 6.45) is -2.89. The molecule has 0 aliphatic heterocycles. The fourth-order valence-corrected chi connectivity index (χ4v) is 3.17. The largest absolute Gasteiger partial charge is 0.396 e. The highest BCUT2D eigenvalue weighted by Crippen LogP contribution is 2.24. The number of nitrogen functional groups attached to an aromatic ring is 1. The standard InChI is InChI=1S/C11H15F3N2O3S/c1-7-4-8(5-9(15)11(7)14)20(18,19)16(2-3-17)6-10(12)13/h4-5,10,17H,2-3,6,15H2,1H3. The first-order chi connectivity index (χ1) is 9.20. The van der Waals surface area contributed by atoms with Gasteiger partial charge < -0.3 is 10.8 Å². The fourth-order valence-electron chi connectivity index (χ4n) is 1.64. The summed E-state index contributed by atoms with van der Waals surface area (Å²) in [4.78, 5) is -0.386. The number of alkyl halides is 2. The van der Waals surface area contributed by atoms with E-state index in [1.807, 2.05) is 0 Å². The van der Waals surface area contributed by atoms with E-state index in [1.54, 1.807) is 0 Å². The zero-order valence-electron chi connectivity index (χ0n) is 10.7. The van der Waals surface area contributed by atoms with Crippen LogP contribution in [0.5, 0.6) is 0 Å². The van der Waals surface area contributed by atoms with Crippen molar-refractivity contribution in [3.05, 3.63) is 23.5 Å². The Hall–Kier alpha value is -1.32. The number of aliphatic hydroxyl groups excluding tert-OH is 1. The van der Waals surface area contributed by atoms with Crippen molar-refractivity contribution in [2.75, 3.05) is 25.4 Å². The molecule has 0 bridgehead atoms. The number of aryl methyl sites for hydroxylation is 1. The Balaban J connectivity index is 3.25. The first-order valence-electron chi connectivity index (χ1n) is 5.65. The fraction of sp³-hybridized carbons (Fsp3) is 0.455. The Morgan fingerprint density at radius 2 is 2.00 bits per heavy atom. The second-order valence-corrected chi connectivity index (χ2v) is 6.06. The van der Waals surface area contributed by atoms with Crippen molar-refractivity contribution in [2.24, 2.45) is 0 Å². The molecule has 0 heterocycles. The van der Waals surface area contributed by atoms with Gasteiger partial charge in [-0.05, 0) is 24.6 Å². The van der Waals surface area contributed by atoms with Crippen LogP contribution in [-0.2, 0) is 10.0 Å². The summed E-state index contributed by atoms with van der Waals surface area (Å²) in [5, 5.41) is 8.78. The van der Waals surface area contributed by atoms with Gasteiger partial charge in [0.25, 0.3) is 6.43 Å². The minimum absolute atomic E-state index is 0.00966. The third-order valence-electron chi connectivity index (χ3n) is 2.59. The quantitative estimate of drug-likeness (QED) is 0.767. The maximum atomic E-state index is 13.4. The van der Waals surface area contributed by atoms with Crippen LogP contribution in [0.3, 0.4) is 0 Å². The summed E-state index contributed by atoms with van der Waals surface area (Å²) in [6, 6.07) is 1.88. The molecule has 0 unspecified atom stereocenters. The molecule has 0 fully saturated rings. The van der Waals surface area contributed by atoms with E-state index in [4.69, 9.17) is 10.8 Å². The van der Waals surface area contributed by atoms with Crippen LogP contribution >= 0.6 is 0 Å². The van der Waals surface area contributed by atoms with Gasteiger partial charge in [-0.2, -0.15) is 4.31 Å². The molecule has 1 rings (SSSR count). The van der Waals surface area contributed by atoms with Gasteiger partial charge in [0, 0.05) is 6.54 Å². The third kappa shape index (κ3) is 3.62. The molecule has 20 heavy (non-hydrogen) atoms. The number of rotatable bonds is 6. The number of hydrogen-bond acceptors (Lipinski definition) is 4. The molecule has 0 amide bonds. The Labute approximate surface area is 114 Å². The van der Waals surface area contributed by atoms with E-state index in [9.17, 15) is 21.6 Å². The van der Waals surface area contributed by atoms with Crippen LogP contribution in [0, 0.1) is 12.7 Å². The van der Waals surface area contributed by atoms with Gasteiger partial charge in [-0.3, -0.25) is 0 Å². The maximum Gasteiger partial charge on any atom is 0.252 e. The predicted octanol–water partition coefficient (Wildman–Crippen LogP) is 0.964. The molecule has 0 saturated carbocycles. The minimum atomic E-state index is -4.27. The van der Waals surface area contributed by atoms with Crippen LogP contribution in [0.1, 0.15) is 5.56 Å². The molecule has 3 N–H and O–H groups in total. The molecule has 0 spiro atoms. The van der Waals surface area contributed by atoms with Gasteiger partial charge in [0.05, 0.1) is 23.7 Å². The van der Waals surface area contributed by atoms with Crippen LogP contribution in [0.4, 0.5) is 18.9 Å². The summed E-state index contributed by atoms with van der Waals surface area (Å²) in [5.74, 6) is -0.758. The van der Waals surface area contributed by atoms with E-state index in [2.05, 4.69) is 0 Å². The first-order valence-corrected chi connectivity index (χ1v) is 7.09. The highest BCUT2D eigenvalue weighted by Gasteiger charge is 2.28. The second kappa shape index (κ2) is 6.42. The molecule has 114 valence electrons. The average molecular weight is 312 g/mol. The molecule has 0 atom stereocenters. The van der Waals surface area contributed by atoms with Crippen LogP contribution in [0.2, 0.25) is 0 Å². The maximum absolute atomic E-state index is 13.4. The number of nitrogens with two attached hydrogens (primary N) is 1. The van der Waals surface area contributed by atoms with Crippen molar-refractivity contribution in [1.29, 1.82) is 0 Å². The SMILES string of the molecule is Cc1cc(S(=O)(=O)N(CCO)CC(F)F)cc(N)c1F. The van der Waals surface area contributed by atoms with E-state index in [0.717, 1.165) is 12.1 Å². The predicted molar refractivity (Wildman–Crippen MR) is 67.4 cm³/mol.